The predicted octanol–water partition coefficient (Wildman–Crippen LogP) is 1.59. The van der Waals surface area contributed by atoms with Crippen LogP contribution in [0.25, 0.3) is 0 Å². The summed E-state index contributed by atoms with van der Waals surface area (Å²) < 4.78 is 5.65. The maximum atomic E-state index is 12.5. The van der Waals surface area contributed by atoms with Crippen LogP contribution in [0.3, 0.4) is 0 Å². The fourth-order valence-electron chi connectivity index (χ4n) is 3.98. The van der Waals surface area contributed by atoms with Gasteiger partial charge in [-0.05, 0) is 29.8 Å². The number of rotatable bonds is 5. The lowest BCUT2D eigenvalue weighted by Gasteiger charge is -2.31. The summed E-state index contributed by atoms with van der Waals surface area (Å²) in [6.07, 6.45) is 2.56. The van der Waals surface area contributed by atoms with E-state index in [0.29, 0.717) is 11.3 Å². The van der Waals surface area contributed by atoms with Crippen molar-refractivity contribution >= 4 is 17.5 Å². The minimum atomic E-state index is -0.806. The van der Waals surface area contributed by atoms with E-state index in [4.69, 9.17) is 9.68 Å². The van der Waals surface area contributed by atoms with E-state index in [-0.39, 0.29) is 12.6 Å². The van der Waals surface area contributed by atoms with Crippen molar-refractivity contribution in [2.24, 2.45) is 0 Å². The van der Waals surface area contributed by atoms with Crippen molar-refractivity contribution in [1.82, 2.24) is 5.32 Å². The predicted molar refractivity (Wildman–Crippen MR) is 114 cm³/mol. The van der Waals surface area contributed by atoms with E-state index in [2.05, 4.69) is 28.8 Å². The van der Waals surface area contributed by atoms with E-state index in [9.17, 15) is 9.59 Å². The molecule has 31 heavy (non-hydrogen) atoms. The lowest BCUT2D eigenvalue weighted by atomic mass is 9.98. The highest BCUT2D eigenvalue weighted by atomic mass is 16.3. The molecule has 3 N–H and O–H groups in total. The van der Waals surface area contributed by atoms with Gasteiger partial charge in [0.1, 0.15) is 12.6 Å². The lowest BCUT2D eigenvalue weighted by Crippen LogP contribution is -3.12. The Kier molecular flexibility index (Phi) is 6.11. The topological polar surface area (TPSA) is 99.6 Å². The van der Waals surface area contributed by atoms with Crippen molar-refractivity contribution in [3.63, 3.8) is 0 Å². The molecule has 0 saturated carbocycles. The Morgan fingerprint density at radius 3 is 2.58 bits per heavy atom. The molecule has 3 aromatic rings. The van der Waals surface area contributed by atoms with Gasteiger partial charge in [0.05, 0.1) is 30.6 Å². The molecule has 7 heteroatoms. The summed E-state index contributed by atoms with van der Waals surface area (Å²) in [6, 6.07) is 20.5. The largest absolute Gasteiger partial charge is 0.463 e. The molecule has 0 saturated heterocycles. The minimum absolute atomic E-state index is 0.119. The normalized spacial score (nSPS) is 15.9. The first kappa shape index (κ1) is 20.4. The van der Waals surface area contributed by atoms with Gasteiger partial charge in [-0.1, -0.05) is 36.4 Å². The smallest absolute Gasteiger partial charge is 0.313 e. The molecule has 156 valence electrons. The number of nitriles is 1. The number of quaternary nitrogens is 1. The summed E-state index contributed by atoms with van der Waals surface area (Å²) in [5.41, 5.74) is 3.25. The van der Waals surface area contributed by atoms with Crippen LogP contribution in [-0.4, -0.2) is 24.9 Å². The Labute approximate surface area is 180 Å². The summed E-state index contributed by atoms with van der Waals surface area (Å²) in [5.74, 6) is -0.786. The van der Waals surface area contributed by atoms with Crippen LogP contribution >= 0.6 is 0 Å². The second-order valence-corrected chi connectivity index (χ2v) is 7.49. The summed E-state index contributed by atoms with van der Waals surface area (Å²) >= 11 is 0. The zero-order chi connectivity index (χ0) is 21.6. The zero-order valence-electron chi connectivity index (χ0n) is 16.9. The Morgan fingerprint density at radius 2 is 1.81 bits per heavy atom. The van der Waals surface area contributed by atoms with Gasteiger partial charge in [0.15, 0.2) is 11.8 Å². The highest BCUT2D eigenvalue weighted by molar-refractivity contribution is 6.39. The van der Waals surface area contributed by atoms with Gasteiger partial charge in [-0.3, -0.25) is 9.59 Å². The summed E-state index contributed by atoms with van der Waals surface area (Å²) in [6.45, 7) is 1.98. The quantitative estimate of drug-likeness (QED) is 0.551. The molecule has 1 aromatic heterocycles. The van der Waals surface area contributed by atoms with E-state index in [1.165, 1.54) is 16.0 Å². The molecule has 0 radical (unpaired) electrons. The number of hydrogen-bond acceptors (Lipinski definition) is 4. The highest BCUT2D eigenvalue weighted by Crippen LogP contribution is 2.16. The summed E-state index contributed by atoms with van der Waals surface area (Å²) in [7, 11) is 0. The third kappa shape index (κ3) is 4.65. The monoisotopic (exact) mass is 415 g/mol. The third-order valence-electron chi connectivity index (χ3n) is 5.60. The van der Waals surface area contributed by atoms with E-state index in [0.717, 1.165) is 25.3 Å². The van der Waals surface area contributed by atoms with Crippen molar-refractivity contribution in [3.8, 4) is 6.07 Å². The molecule has 2 atom stereocenters. The van der Waals surface area contributed by atoms with Crippen LogP contribution in [0.4, 0.5) is 5.69 Å². The van der Waals surface area contributed by atoms with Gasteiger partial charge in [0, 0.05) is 12.0 Å². The van der Waals surface area contributed by atoms with Gasteiger partial charge in [0.2, 0.25) is 0 Å². The van der Waals surface area contributed by atoms with E-state index in [1.54, 1.807) is 30.5 Å². The molecule has 7 nitrogen and oxygen atoms in total. The second kappa shape index (κ2) is 9.28. The first-order valence-electron chi connectivity index (χ1n) is 10.2. The van der Waals surface area contributed by atoms with Crippen LogP contribution in [0.1, 0.15) is 28.5 Å². The first-order valence-corrected chi connectivity index (χ1v) is 10.2. The summed E-state index contributed by atoms with van der Waals surface area (Å²) in [4.78, 5) is 26.1. The zero-order valence-corrected chi connectivity index (χ0v) is 16.9. The Balaban J connectivity index is 1.43. The van der Waals surface area contributed by atoms with E-state index >= 15 is 0 Å². The van der Waals surface area contributed by atoms with Crippen molar-refractivity contribution < 1.29 is 18.9 Å². The fraction of sp³-hybridized carbons (Fsp3) is 0.208. The van der Waals surface area contributed by atoms with Gasteiger partial charge >= 0.3 is 11.8 Å². The SMILES string of the molecule is N#Cc1ccccc1NC(=O)C(=O)NC[C@H](c1ccco1)[NH+]1CCc2ccccc2C1. The lowest BCUT2D eigenvalue weighted by molar-refractivity contribution is -0.946. The number of benzene rings is 2. The first-order chi connectivity index (χ1) is 15.2. The van der Waals surface area contributed by atoms with Crippen LogP contribution in [0, 0.1) is 11.3 Å². The van der Waals surface area contributed by atoms with Crippen LogP contribution in [0.15, 0.2) is 71.3 Å². The van der Waals surface area contributed by atoms with Gasteiger partial charge in [-0.25, -0.2) is 0 Å². The highest BCUT2D eigenvalue weighted by Gasteiger charge is 2.31. The number of carbonyl (C=O) groups excluding carboxylic acids is 2. The van der Waals surface area contributed by atoms with Crippen molar-refractivity contribution in [3.05, 3.63) is 89.4 Å². The average molecular weight is 415 g/mol. The Morgan fingerprint density at radius 1 is 1.03 bits per heavy atom. The van der Waals surface area contributed by atoms with Crippen LogP contribution in [0.2, 0.25) is 0 Å². The van der Waals surface area contributed by atoms with Crippen LogP contribution < -0.4 is 15.5 Å². The van der Waals surface area contributed by atoms with Gasteiger partial charge in [-0.15, -0.1) is 0 Å². The molecule has 0 bridgehead atoms. The average Bonchev–Trinajstić information content (AvgIpc) is 3.34. The number of nitrogens with zero attached hydrogens (tertiary/aromatic N) is 1. The van der Waals surface area contributed by atoms with Crippen molar-refractivity contribution in [1.29, 1.82) is 5.26 Å². The number of amides is 2. The van der Waals surface area contributed by atoms with Gasteiger partial charge < -0.3 is 20.0 Å². The molecule has 1 aliphatic rings. The second-order valence-electron chi connectivity index (χ2n) is 7.49. The number of anilines is 1. The molecule has 2 aromatic carbocycles. The maximum Gasteiger partial charge on any atom is 0.313 e. The Bertz CT molecular complexity index is 1120. The van der Waals surface area contributed by atoms with Gasteiger partial charge in [-0.2, -0.15) is 5.26 Å². The molecule has 2 amide bonds. The van der Waals surface area contributed by atoms with Crippen molar-refractivity contribution in [2.75, 3.05) is 18.4 Å². The van der Waals surface area contributed by atoms with Crippen LogP contribution in [-0.2, 0) is 22.6 Å². The molecule has 0 spiro atoms. The molecule has 0 aliphatic carbocycles. The van der Waals surface area contributed by atoms with E-state index in [1.807, 2.05) is 24.3 Å². The molecular weight excluding hydrogens is 392 g/mol. The molecule has 2 heterocycles. The fourth-order valence-corrected chi connectivity index (χ4v) is 3.98. The molecule has 0 fully saturated rings. The van der Waals surface area contributed by atoms with E-state index < -0.39 is 11.8 Å². The number of para-hydroxylation sites is 1. The van der Waals surface area contributed by atoms with Crippen molar-refractivity contribution in [2.45, 2.75) is 19.0 Å². The number of furan rings is 1. The number of fused-ring (bicyclic) bond motifs is 1. The molecule has 1 unspecified atom stereocenters. The minimum Gasteiger partial charge on any atom is -0.463 e. The number of hydrogen-bond donors (Lipinski definition) is 3. The maximum absolute atomic E-state index is 12.5. The standard InChI is InChI=1S/C24H22N4O3/c25-14-18-7-3-4-9-20(18)27-24(30)23(29)26-15-21(22-10-5-13-31-22)28-12-11-17-6-1-2-8-19(17)16-28/h1-10,13,21H,11-12,15-16H2,(H,26,29)(H,27,30)/p+1/t21-/m1/s1. The Hall–Kier alpha value is -3.89. The van der Waals surface area contributed by atoms with Gasteiger partial charge in [0.25, 0.3) is 0 Å². The number of nitrogens with one attached hydrogen (secondary N) is 3. The van der Waals surface area contributed by atoms with Crippen LogP contribution in [0.5, 0.6) is 0 Å². The molecule has 4 rings (SSSR count). The third-order valence-corrected chi connectivity index (χ3v) is 5.60. The molecular formula is C24H23N4O3+. The summed E-state index contributed by atoms with van der Waals surface area (Å²) in [5, 5.41) is 14.4. The molecule has 1 aliphatic heterocycles. The number of carbonyl (C=O) groups is 2.